The average molecular weight is 490 g/mol. The van der Waals surface area contributed by atoms with Gasteiger partial charge in [0.15, 0.2) is 0 Å². The number of rotatable bonds is 27. The van der Waals surface area contributed by atoms with Crippen molar-refractivity contribution in [2.45, 2.75) is 194 Å². The fourth-order valence-corrected chi connectivity index (χ4v) is 5.44. The molecule has 0 saturated carbocycles. The van der Waals surface area contributed by atoms with Crippen LogP contribution >= 0.6 is 0 Å². The van der Waals surface area contributed by atoms with E-state index in [1.807, 2.05) is 0 Å². The fourth-order valence-electron chi connectivity index (χ4n) is 5.44. The van der Waals surface area contributed by atoms with Crippen molar-refractivity contribution in [2.24, 2.45) is 0 Å². The van der Waals surface area contributed by atoms with Crippen molar-refractivity contribution in [1.29, 1.82) is 0 Å². The van der Waals surface area contributed by atoms with Crippen LogP contribution in [0.5, 0.6) is 0 Å². The van der Waals surface area contributed by atoms with E-state index >= 15 is 0 Å². The highest BCUT2D eigenvalue weighted by atomic mass is 15.1. The Morgan fingerprint density at radius 2 is 0.886 bits per heavy atom. The number of hydrogen-bond acceptors (Lipinski definition) is 0. The van der Waals surface area contributed by atoms with Crippen molar-refractivity contribution in [1.82, 2.24) is 4.57 Å². The van der Waals surface area contributed by atoms with Gasteiger partial charge >= 0.3 is 0 Å². The molecule has 0 aromatic carbocycles. The van der Waals surface area contributed by atoms with E-state index in [0.717, 1.165) is 0 Å². The van der Waals surface area contributed by atoms with E-state index in [0.29, 0.717) is 0 Å². The Balaban J connectivity index is 2.16. The number of aromatic nitrogens is 2. The van der Waals surface area contributed by atoms with E-state index in [9.17, 15) is 0 Å². The Hall–Kier alpha value is -0.790. The lowest BCUT2D eigenvalue weighted by Gasteiger charge is -2.06. The molecule has 0 bridgehead atoms. The van der Waals surface area contributed by atoms with Gasteiger partial charge in [0.25, 0.3) is 5.82 Å². The van der Waals surface area contributed by atoms with Crippen LogP contribution in [0.15, 0.2) is 12.4 Å². The van der Waals surface area contributed by atoms with Crippen LogP contribution in [0.25, 0.3) is 0 Å². The molecule has 0 amide bonds. The molecule has 0 fully saturated rings. The molecular formula is C33H65N2+. The Morgan fingerprint density at radius 3 is 1.37 bits per heavy atom. The zero-order valence-electron chi connectivity index (χ0n) is 24.6. The second-order valence-electron chi connectivity index (χ2n) is 11.3. The van der Waals surface area contributed by atoms with Gasteiger partial charge < -0.3 is 0 Å². The van der Waals surface area contributed by atoms with Crippen molar-refractivity contribution in [3.63, 3.8) is 0 Å². The van der Waals surface area contributed by atoms with Crippen LogP contribution in [0, 0.1) is 0 Å². The van der Waals surface area contributed by atoms with Crippen LogP contribution in [0.4, 0.5) is 0 Å². The zero-order chi connectivity index (χ0) is 25.2. The van der Waals surface area contributed by atoms with Crippen molar-refractivity contribution in [3.05, 3.63) is 18.2 Å². The van der Waals surface area contributed by atoms with E-state index in [1.165, 1.54) is 174 Å². The second-order valence-corrected chi connectivity index (χ2v) is 11.3. The minimum Gasteiger partial charge on any atom is -0.234 e. The number of hydrogen-bond donors (Lipinski definition) is 0. The lowest BCUT2D eigenvalue weighted by Crippen LogP contribution is -2.37. The van der Waals surface area contributed by atoms with Crippen molar-refractivity contribution >= 4 is 0 Å². The predicted octanol–water partition coefficient (Wildman–Crippen LogP) is 10.7. The van der Waals surface area contributed by atoms with E-state index < -0.39 is 0 Å². The summed E-state index contributed by atoms with van der Waals surface area (Å²) >= 11 is 0. The van der Waals surface area contributed by atoms with Gasteiger partial charge in [0.1, 0.15) is 12.4 Å². The van der Waals surface area contributed by atoms with E-state index in [-0.39, 0.29) is 0 Å². The van der Waals surface area contributed by atoms with Crippen LogP contribution in [0.3, 0.4) is 0 Å². The molecule has 0 saturated heterocycles. The van der Waals surface area contributed by atoms with Crippen LogP contribution in [0.2, 0.25) is 0 Å². The largest absolute Gasteiger partial charge is 0.256 e. The molecule has 0 atom stereocenters. The Morgan fingerprint density at radius 1 is 0.486 bits per heavy atom. The lowest BCUT2D eigenvalue weighted by molar-refractivity contribution is -0.704. The molecule has 0 aliphatic carbocycles. The Bertz CT molecular complexity index is 547. The van der Waals surface area contributed by atoms with Crippen LogP contribution in [-0.2, 0) is 19.5 Å². The van der Waals surface area contributed by atoms with Gasteiger partial charge in [-0.25, -0.2) is 9.13 Å². The van der Waals surface area contributed by atoms with Gasteiger partial charge in [0.05, 0.1) is 13.1 Å². The van der Waals surface area contributed by atoms with E-state index in [2.05, 4.69) is 42.3 Å². The summed E-state index contributed by atoms with van der Waals surface area (Å²) in [4.78, 5) is 0. The first-order chi connectivity index (χ1) is 17.3. The molecule has 1 aromatic heterocycles. The third kappa shape index (κ3) is 18.2. The average Bonchev–Trinajstić information content (AvgIpc) is 3.25. The molecule has 1 rings (SSSR count). The molecule has 2 nitrogen and oxygen atoms in total. The summed E-state index contributed by atoms with van der Waals surface area (Å²) < 4.78 is 5.18. The summed E-state index contributed by atoms with van der Waals surface area (Å²) in [6.45, 7) is 9.38. The summed E-state index contributed by atoms with van der Waals surface area (Å²) in [5, 5.41) is 0. The highest BCUT2D eigenvalue weighted by Crippen LogP contribution is 2.14. The molecule has 0 N–H and O–H groups in total. The first kappa shape index (κ1) is 32.2. The van der Waals surface area contributed by atoms with E-state index in [1.54, 1.807) is 5.82 Å². The molecule has 1 heterocycles. The first-order valence-corrected chi connectivity index (χ1v) is 16.4. The summed E-state index contributed by atoms with van der Waals surface area (Å²) in [6.07, 6.45) is 40.0. The number of imidazole rings is 1. The normalized spacial score (nSPS) is 11.5. The molecule has 206 valence electrons. The standard InChI is InChI=1S/C33H65N2/c1-4-7-10-12-14-15-16-17-18-19-20-22-24-27-30-35-32-31-34(33(35)28-25-9-6-3)29-26-23-21-13-11-8-5-2/h31-32H,4-30H2,1-3H3/q+1. The summed E-state index contributed by atoms with van der Waals surface area (Å²) in [5.74, 6) is 1.60. The molecule has 2 heteroatoms. The minimum atomic E-state index is 1.22. The third-order valence-corrected chi connectivity index (χ3v) is 7.85. The third-order valence-electron chi connectivity index (χ3n) is 7.85. The number of nitrogens with zero attached hydrogens (tertiary/aromatic N) is 2. The van der Waals surface area contributed by atoms with Crippen LogP contribution < -0.4 is 4.57 Å². The summed E-state index contributed by atoms with van der Waals surface area (Å²) in [6, 6.07) is 0. The molecule has 0 aliphatic rings. The van der Waals surface area contributed by atoms with Gasteiger partial charge in [-0.3, -0.25) is 0 Å². The predicted molar refractivity (Wildman–Crippen MR) is 156 cm³/mol. The maximum absolute atomic E-state index is 2.59. The second kappa shape index (κ2) is 24.9. The van der Waals surface area contributed by atoms with Gasteiger partial charge in [-0.05, 0) is 32.1 Å². The van der Waals surface area contributed by atoms with Crippen LogP contribution in [0.1, 0.15) is 181 Å². The smallest absolute Gasteiger partial charge is 0.234 e. The van der Waals surface area contributed by atoms with E-state index in [4.69, 9.17) is 0 Å². The maximum Gasteiger partial charge on any atom is 0.256 e. The van der Waals surface area contributed by atoms with Gasteiger partial charge in [-0.2, -0.15) is 0 Å². The SMILES string of the molecule is CCCCCCCCCCCCCCCC[n+]1ccn(CCCCCCCCC)c1CCCCC. The van der Waals surface area contributed by atoms with Crippen molar-refractivity contribution < 1.29 is 4.57 Å². The Kier molecular flexibility index (Phi) is 22.9. The number of unbranched alkanes of at least 4 members (excludes halogenated alkanes) is 21. The van der Waals surface area contributed by atoms with Gasteiger partial charge in [0, 0.05) is 6.42 Å². The van der Waals surface area contributed by atoms with Crippen LogP contribution in [-0.4, -0.2) is 4.57 Å². The topological polar surface area (TPSA) is 8.81 Å². The summed E-state index contributed by atoms with van der Waals surface area (Å²) in [5.41, 5.74) is 0. The molecular weight excluding hydrogens is 424 g/mol. The first-order valence-electron chi connectivity index (χ1n) is 16.4. The molecule has 0 spiro atoms. The van der Waals surface area contributed by atoms with Gasteiger partial charge in [-0.1, -0.05) is 143 Å². The Labute approximate surface area is 221 Å². The lowest BCUT2D eigenvalue weighted by atomic mass is 10.0. The minimum absolute atomic E-state index is 1.22. The highest BCUT2D eigenvalue weighted by molar-refractivity contribution is 4.84. The maximum atomic E-state index is 2.59. The fraction of sp³-hybridized carbons (Fsp3) is 0.909. The van der Waals surface area contributed by atoms with Crippen molar-refractivity contribution in [2.75, 3.05) is 0 Å². The number of aryl methyl sites for hydroxylation is 2. The molecule has 0 unspecified atom stereocenters. The van der Waals surface area contributed by atoms with Gasteiger partial charge in [0.2, 0.25) is 0 Å². The summed E-state index contributed by atoms with van der Waals surface area (Å²) in [7, 11) is 0. The highest BCUT2D eigenvalue weighted by Gasteiger charge is 2.16. The molecule has 1 aromatic rings. The molecule has 0 radical (unpaired) electrons. The monoisotopic (exact) mass is 490 g/mol. The van der Waals surface area contributed by atoms with Crippen molar-refractivity contribution in [3.8, 4) is 0 Å². The quantitative estimate of drug-likeness (QED) is 0.0858. The molecule has 0 aliphatic heterocycles. The van der Waals surface area contributed by atoms with Gasteiger partial charge in [-0.15, -0.1) is 0 Å². The molecule has 35 heavy (non-hydrogen) atoms. The zero-order valence-corrected chi connectivity index (χ0v) is 24.6.